The lowest BCUT2D eigenvalue weighted by Crippen LogP contribution is -2.14. The fourth-order valence-corrected chi connectivity index (χ4v) is 1.62. The Morgan fingerprint density at radius 2 is 1.56 bits per heavy atom. The van der Waals surface area contributed by atoms with Gasteiger partial charge in [0.25, 0.3) is 0 Å². The summed E-state index contributed by atoms with van der Waals surface area (Å²) in [6.45, 7) is 0. The van der Waals surface area contributed by atoms with Crippen molar-refractivity contribution >= 4 is 0 Å². The number of hydrogen-bond acceptors (Lipinski definition) is 1. The van der Waals surface area contributed by atoms with Crippen LogP contribution in [0, 0.1) is 11.8 Å². The molecule has 0 bridgehead atoms. The molecule has 0 aromatic carbocycles. The molecule has 0 aliphatic heterocycles. The third-order valence-corrected chi connectivity index (χ3v) is 2.45. The minimum atomic E-state index is 0.644. The second-order valence-corrected chi connectivity index (χ2v) is 3.38. The van der Waals surface area contributed by atoms with Crippen LogP contribution in [0.2, 0.25) is 0 Å². The summed E-state index contributed by atoms with van der Waals surface area (Å²) in [6, 6.07) is 0. The first-order valence-corrected chi connectivity index (χ1v) is 3.94. The Kier molecular flexibility index (Phi) is 1.26. The minimum Gasteiger partial charge on any atom is -0.381 e. The van der Waals surface area contributed by atoms with E-state index >= 15 is 0 Å². The van der Waals surface area contributed by atoms with Gasteiger partial charge in [-0.1, -0.05) is 0 Å². The highest BCUT2D eigenvalue weighted by Crippen LogP contribution is 2.45. The normalized spacial score (nSPS) is 27.3. The topological polar surface area (TPSA) is 9.23 Å². The highest BCUT2D eigenvalue weighted by Gasteiger charge is 2.41. The second-order valence-electron chi connectivity index (χ2n) is 3.38. The Morgan fingerprint density at radius 3 is 1.78 bits per heavy atom. The first kappa shape index (κ1) is 5.72. The molecule has 0 aromatic rings. The van der Waals surface area contributed by atoms with E-state index in [0.717, 1.165) is 11.8 Å². The van der Waals surface area contributed by atoms with Gasteiger partial charge in [-0.25, -0.2) is 0 Å². The van der Waals surface area contributed by atoms with Crippen molar-refractivity contribution < 1.29 is 4.74 Å². The van der Waals surface area contributed by atoms with Crippen LogP contribution in [0.4, 0.5) is 0 Å². The van der Waals surface area contributed by atoms with Gasteiger partial charge in [0.05, 0.1) is 6.10 Å². The molecule has 0 unspecified atom stereocenters. The Hall–Kier alpha value is -0.0400. The van der Waals surface area contributed by atoms with Crippen LogP contribution in [0.3, 0.4) is 0 Å². The van der Waals surface area contributed by atoms with Gasteiger partial charge in [-0.05, 0) is 37.5 Å². The molecule has 0 spiro atoms. The molecule has 1 heteroatoms. The van der Waals surface area contributed by atoms with Crippen molar-refractivity contribution in [2.45, 2.75) is 31.8 Å². The van der Waals surface area contributed by atoms with Crippen molar-refractivity contribution in [3.8, 4) is 0 Å². The summed E-state index contributed by atoms with van der Waals surface area (Å²) in [6.07, 6.45) is 6.35. The third-order valence-electron chi connectivity index (χ3n) is 2.45. The lowest BCUT2D eigenvalue weighted by Gasteiger charge is -2.11. The van der Waals surface area contributed by atoms with Crippen LogP contribution >= 0.6 is 0 Å². The van der Waals surface area contributed by atoms with Crippen LogP contribution < -0.4 is 0 Å². The number of rotatable bonds is 3. The molecular formula is C8H14O. The van der Waals surface area contributed by atoms with E-state index < -0.39 is 0 Å². The van der Waals surface area contributed by atoms with Crippen LogP contribution in [0.15, 0.2) is 0 Å². The molecule has 0 atom stereocenters. The van der Waals surface area contributed by atoms with Crippen molar-refractivity contribution in [3.63, 3.8) is 0 Å². The van der Waals surface area contributed by atoms with Crippen LogP contribution in [-0.2, 0) is 4.74 Å². The van der Waals surface area contributed by atoms with Crippen molar-refractivity contribution in [1.82, 2.24) is 0 Å². The van der Waals surface area contributed by atoms with Crippen LogP contribution in [0.25, 0.3) is 0 Å². The summed E-state index contributed by atoms with van der Waals surface area (Å²) in [5.74, 6) is 1.89. The Labute approximate surface area is 56.4 Å². The zero-order valence-corrected chi connectivity index (χ0v) is 5.97. The van der Waals surface area contributed by atoms with Gasteiger partial charge in [0.2, 0.25) is 0 Å². The van der Waals surface area contributed by atoms with E-state index in [-0.39, 0.29) is 0 Å². The molecule has 0 aromatic heterocycles. The first-order valence-electron chi connectivity index (χ1n) is 3.94. The lowest BCUT2D eigenvalue weighted by atomic mass is 10.1. The Morgan fingerprint density at radius 1 is 1.11 bits per heavy atom. The largest absolute Gasteiger partial charge is 0.381 e. The van der Waals surface area contributed by atoms with Crippen molar-refractivity contribution in [2.24, 2.45) is 11.8 Å². The van der Waals surface area contributed by atoms with E-state index in [1.54, 1.807) is 0 Å². The first-order chi connectivity index (χ1) is 4.42. The SMILES string of the molecule is COC(C1CC1)C1CC1. The zero-order valence-electron chi connectivity index (χ0n) is 5.97. The minimum absolute atomic E-state index is 0.644. The average molecular weight is 126 g/mol. The van der Waals surface area contributed by atoms with Crippen LogP contribution in [0.1, 0.15) is 25.7 Å². The molecule has 1 nitrogen and oxygen atoms in total. The van der Waals surface area contributed by atoms with E-state index in [0.29, 0.717) is 6.10 Å². The molecule has 0 heterocycles. The predicted octanol–water partition coefficient (Wildman–Crippen LogP) is 1.82. The molecule has 2 saturated carbocycles. The van der Waals surface area contributed by atoms with Gasteiger partial charge in [0.1, 0.15) is 0 Å². The number of hydrogen-bond donors (Lipinski definition) is 0. The number of methoxy groups -OCH3 is 1. The molecular weight excluding hydrogens is 112 g/mol. The molecule has 2 rings (SSSR count). The van der Waals surface area contributed by atoms with Gasteiger partial charge < -0.3 is 4.74 Å². The monoisotopic (exact) mass is 126 g/mol. The Bertz CT molecular complexity index is 91.1. The predicted molar refractivity (Wildman–Crippen MR) is 36.2 cm³/mol. The van der Waals surface area contributed by atoms with E-state index in [2.05, 4.69) is 0 Å². The van der Waals surface area contributed by atoms with Crippen molar-refractivity contribution in [1.29, 1.82) is 0 Å². The number of ether oxygens (including phenoxy) is 1. The molecule has 0 radical (unpaired) electrons. The zero-order chi connectivity index (χ0) is 6.27. The van der Waals surface area contributed by atoms with Gasteiger partial charge in [0, 0.05) is 7.11 Å². The molecule has 2 aliphatic carbocycles. The summed E-state index contributed by atoms with van der Waals surface area (Å²) >= 11 is 0. The van der Waals surface area contributed by atoms with Gasteiger partial charge >= 0.3 is 0 Å². The van der Waals surface area contributed by atoms with Crippen molar-refractivity contribution in [3.05, 3.63) is 0 Å². The van der Waals surface area contributed by atoms with Crippen LogP contribution in [0.5, 0.6) is 0 Å². The molecule has 9 heavy (non-hydrogen) atoms. The fourth-order valence-electron chi connectivity index (χ4n) is 1.62. The summed E-state index contributed by atoms with van der Waals surface area (Å²) in [5, 5.41) is 0. The maximum Gasteiger partial charge on any atom is 0.0627 e. The fraction of sp³-hybridized carbons (Fsp3) is 1.00. The molecule has 52 valence electrons. The van der Waals surface area contributed by atoms with E-state index in [4.69, 9.17) is 4.74 Å². The maximum atomic E-state index is 5.40. The van der Waals surface area contributed by atoms with Gasteiger partial charge in [-0.3, -0.25) is 0 Å². The maximum absolute atomic E-state index is 5.40. The molecule has 0 amide bonds. The quantitative estimate of drug-likeness (QED) is 0.560. The summed E-state index contributed by atoms with van der Waals surface area (Å²) < 4.78 is 5.40. The third kappa shape index (κ3) is 1.11. The van der Waals surface area contributed by atoms with Crippen LogP contribution in [-0.4, -0.2) is 13.2 Å². The Balaban J connectivity index is 1.85. The smallest absolute Gasteiger partial charge is 0.0627 e. The highest BCUT2D eigenvalue weighted by atomic mass is 16.5. The van der Waals surface area contributed by atoms with Crippen molar-refractivity contribution in [2.75, 3.05) is 7.11 Å². The summed E-state index contributed by atoms with van der Waals surface area (Å²) in [7, 11) is 1.86. The summed E-state index contributed by atoms with van der Waals surface area (Å²) in [5.41, 5.74) is 0. The van der Waals surface area contributed by atoms with E-state index in [1.165, 1.54) is 25.7 Å². The molecule has 0 N–H and O–H groups in total. The second kappa shape index (κ2) is 1.98. The lowest BCUT2D eigenvalue weighted by molar-refractivity contribution is 0.0665. The van der Waals surface area contributed by atoms with Gasteiger partial charge in [0.15, 0.2) is 0 Å². The highest BCUT2D eigenvalue weighted by molar-refractivity contribution is 4.92. The van der Waals surface area contributed by atoms with Gasteiger partial charge in [-0.2, -0.15) is 0 Å². The molecule has 0 saturated heterocycles. The average Bonchev–Trinajstić information content (AvgIpc) is 2.61. The molecule has 2 fully saturated rings. The van der Waals surface area contributed by atoms with E-state index in [9.17, 15) is 0 Å². The standard InChI is InChI=1S/C8H14O/c1-9-8(6-2-3-6)7-4-5-7/h6-8H,2-5H2,1H3. The van der Waals surface area contributed by atoms with Gasteiger partial charge in [-0.15, -0.1) is 0 Å². The van der Waals surface area contributed by atoms with E-state index in [1.807, 2.05) is 7.11 Å². The molecule has 2 aliphatic rings. The summed E-state index contributed by atoms with van der Waals surface area (Å²) in [4.78, 5) is 0.